The molecule has 0 heterocycles. The highest BCUT2D eigenvalue weighted by molar-refractivity contribution is 5.30. The van der Waals surface area contributed by atoms with Gasteiger partial charge in [-0.3, -0.25) is 0 Å². The van der Waals surface area contributed by atoms with E-state index in [1.807, 2.05) is 33.0 Å². The molecule has 0 saturated carbocycles. The molecule has 0 aliphatic heterocycles. The predicted octanol–water partition coefficient (Wildman–Crippen LogP) is 3.14. The smallest absolute Gasteiger partial charge is 0.120 e. The monoisotopic (exact) mass is 207 g/mol. The summed E-state index contributed by atoms with van der Waals surface area (Å²) in [6.45, 7) is 6.27. The Bertz CT molecular complexity index is 292. The van der Waals surface area contributed by atoms with Crippen LogP contribution in [-0.2, 0) is 0 Å². The molecule has 1 N–H and O–H groups in total. The minimum Gasteiger partial charge on any atom is -0.491 e. The van der Waals surface area contributed by atoms with Crippen LogP contribution in [0.15, 0.2) is 24.3 Å². The Kier molecular flexibility index (Phi) is 4.63. The van der Waals surface area contributed by atoms with E-state index in [1.165, 1.54) is 5.56 Å². The van der Waals surface area contributed by atoms with E-state index >= 15 is 0 Å². The van der Waals surface area contributed by atoms with Crippen molar-refractivity contribution in [2.75, 3.05) is 7.05 Å². The van der Waals surface area contributed by atoms with Gasteiger partial charge in [-0.15, -0.1) is 0 Å². The number of hydrogen-bond donors (Lipinski definition) is 1. The maximum atomic E-state index is 5.67. The number of benzene rings is 1. The summed E-state index contributed by atoms with van der Waals surface area (Å²) >= 11 is 0. The van der Waals surface area contributed by atoms with Gasteiger partial charge in [0.25, 0.3) is 0 Å². The Hall–Kier alpha value is -1.02. The van der Waals surface area contributed by atoms with Gasteiger partial charge in [0.15, 0.2) is 0 Å². The molecule has 0 spiro atoms. The molecule has 0 aromatic heterocycles. The summed E-state index contributed by atoms with van der Waals surface area (Å²) in [6, 6.07) is 8.72. The zero-order valence-corrected chi connectivity index (χ0v) is 10.1. The van der Waals surface area contributed by atoms with Gasteiger partial charge in [0.1, 0.15) is 5.75 Å². The maximum Gasteiger partial charge on any atom is 0.120 e. The van der Waals surface area contributed by atoms with Crippen LogP contribution in [0, 0.1) is 0 Å². The van der Waals surface area contributed by atoms with E-state index in [9.17, 15) is 0 Å². The minimum absolute atomic E-state index is 0.231. The number of ether oxygens (including phenoxy) is 1. The standard InChI is InChI=1S/C13H21NO/c1-5-13(14-4)11-7-6-8-12(9-11)15-10(2)3/h6-10,13-14H,5H2,1-4H3. The molecule has 2 heteroatoms. The van der Waals surface area contributed by atoms with E-state index in [1.54, 1.807) is 0 Å². The molecule has 0 amide bonds. The SMILES string of the molecule is CCC(NC)c1cccc(OC(C)C)c1. The molecule has 0 aliphatic carbocycles. The normalized spacial score (nSPS) is 12.9. The van der Waals surface area contributed by atoms with Gasteiger partial charge in [0, 0.05) is 6.04 Å². The lowest BCUT2D eigenvalue weighted by Gasteiger charge is -2.16. The van der Waals surface area contributed by atoms with Crippen molar-refractivity contribution in [3.63, 3.8) is 0 Å². The van der Waals surface area contributed by atoms with Gasteiger partial charge < -0.3 is 10.1 Å². The largest absolute Gasteiger partial charge is 0.491 e. The van der Waals surface area contributed by atoms with Crippen molar-refractivity contribution >= 4 is 0 Å². The van der Waals surface area contributed by atoms with Crippen LogP contribution in [0.3, 0.4) is 0 Å². The lowest BCUT2D eigenvalue weighted by atomic mass is 10.0. The molecule has 15 heavy (non-hydrogen) atoms. The second-order valence-corrected chi connectivity index (χ2v) is 3.99. The molecule has 0 saturated heterocycles. The fraction of sp³-hybridized carbons (Fsp3) is 0.538. The first kappa shape index (κ1) is 12.1. The van der Waals surface area contributed by atoms with Gasteiger partial charge in [0.05, 0.1) is 6.10 Å². The predicted molar refractivity (Wildman–Crippen MR) is 64.3 cm³/mol. The minimum atomic E-state index is 0.231. The van der Waals surface area contributed by atoms with Crippen LogP contribution in [0.1, 0.15) is 38.8 Å². The summed E-state index contributed by atoms with van der Waals surface area (Å²) in [5.74, 6) is 0.955. The van der Waals surface area contributed by atoms with Gasteiger partial charge in [0.2, 0.25) is 0 Å². The number of hydrogen-bond acceptors (Lipinski definition) is 2. The summed E-state index contributed by atoms with van der Waals surface area (Å²) in [7, 11) is 1.99. The Labute approximate surface area is 92.6 Å². The molecule has 84 valence electrons. The first-order valence-electron chi connectivity index (χ1n) is 5.61. The van der Waals surface area contributed by atoms with Crippen molar-refractivity contribution in [3.8, 4) is 5.75 Å². The van der Waals surface area contributed by atoms with Gasteiger partial charge in [-0.05, 0) is 45.0 Å². The second kappa shape index (κ2) is 5.76. The van der Waals surface area contributed by atoms with Gasteiger partial charge in [-0.1, -0.05) is 19.1 Å². The Balaban J connectivity index is 2.81. The van der Waals surface area contributed by atoms with E-state index in [-0.39, 0.29) is 6.10 Å². The van der Waals surface area contributed by atoms with E-state index < -0.39 is 0 Å². The molecule has 1 unspecified atom stereocenters. The van der Waals surface area contributed by atoms with Crippen LogP contribution in [0.25, 0.3) is 0 Å². The molecule has 2 nitrogen and oxygen atoms in total. The lowest BCUT2D eigenvalue weighted by molar-refractivity contribution is 0.242. The van der Waals surface area contributed by atoms with Crippen molar-refractivity contribution in [3.05, 3.63) is 29.8 Å². The van der Waals surface area contributed by atoms with Gasteiger partial charge in [-0.2, -0.15) is 0 Å². The fourth-order valence-electron chi connectivity index (χ4n) is 1.68. The van der Waals surface area contributed by atoms with Gasteiger partial charge >= 0.3 is 0 Å². The van der Waals surface area contributed by atoms with Crippen molar-refractivity contribution in [1.29, 1.82) is 0 Å². The number of rotatable bonds is 5. The molecule has 1 rings (SSSR count). The zero-order chi connectivity index (χ0) is 11.3. The molecule has 1 atom stereocenters. The number of nitrogens with one attached hydrogen (secondary N) is 1. The average Bonchev–Trinajstić information content (AvgIpc) is 2.19. The lowest BCUT2D eigenvalue weighted by Crippen LogP contribution is -2.15. The highest BCUT2D eigenvalue weighted by Gasteiger charge is 2.07. The highest BCUT2D eigenvalue weighted by atomic mass is 16.5. The highest BCUT2D eigenvalue weighted by Crippen LogP contribution is 2.21. The Morgan fingerprint density at radius 2 is 2.07 bits per heavy atom. The molecule has 0 fully saturated rings. The first-order chi connectivity index (χ1) is 7.17. The third-order valence-electron chi connectivity index (χ3n) is 2.39. The van der Waals surface area contributed by atoms with Crippen LogP contribution in [0.2, 0.25) is 0 Å². The third-order valence-corrected chi connectivity index (χ3v) is 2.39. The topological polar surface area (TPSA) is 21.3 Å². The van der Waals surface area contributed by atoms with Crippen LogP contribution < -0.4 is 10.1 Å². The van der Waals surface area contributed by atoms with Crippen molar-refractivity contribution in [2.45, 2.75) is 39.3 Å². The van der Waals surface area contributed by atoms with E-state index in [0.717, 1.165) is 12.2 Å². The van der Waals surface area contributed by atoms with Crippen LogP contribution in [0.4, 0.5) is 0 Å². The quantitative estimate of drug-likeness (QED) is 0.801. The molecule has 0 radical (unpaired) electrons. The van der Waals surface area contributed by atoms with E-state index in [2.05, 4.69) is 24.4 Å². The summed E-state index contributed by atoms with van der Waals surface area (Å²) in [4.78, 5) is 0. The summed E-state index contributed by atoms with van der Waals surface area (Å²) in [5, 5.41) is 3.29. The van der Waals surface area contributed by atoms with Crippen LogP contribution in [0.5, 0.6) is 5.75 Å². The molecule has 1 aromatic carbocycles. The Morgan fingerprint density at radius 3 is 2.60 bits per heavy atom. The maximum absolute atomic E-state index is 5.67. The zero-order valence-electron chi connectivity index (χ0n) is 10.1. The first-order valence-corrected chi connectivity index (χ1v) is 5.61. The van der Waals surface area contributed by atoms with Gasteiger partial charge in [-0.25, -0.2) is 0 Å². The molecular weight excluding hydrogens is 186 g/mol. The Morgan fingerprint density at radius 1 is 1.33 bits per heavy atom. The van der Waals surface area contributed by atoms with Crippen molar-refractivity contribution < 1.29 is 4.74 Å². The molecule has 1 aromatic rings. The summed E-state index contributed by atoms with van der Waals surface area (Å²) in [6.07, 6.45) is 1.32. The molecular formula is C13H21NO. The average molecular weight is 207 g/mol. The van der Waals surface area contributed by atoms with Crippen molar-refractivity contribution in [1.82, 2.24) is 5.32 Å². The van der Waals surface area contributed by atoms with Crippen LogP contribution >= 0.6 is 0 Å². The van der Waals surface area contributed by atoms with E-state index in [0.29, 0.717) is 6.04 Å². The summed E-state index contributed by atoms with van der Waals surface area (Å²) < 4.78 is 5.67. The van der Waals surface area contributed by atoms with Crippen LogP contribution in [-0.4, -0.2) is 13.2 Å². The third kappa shape index (κ3) is 3.56. The second-order valence-electron chi connectivity index (χ2n) is 3.99. The van der Waals surface area contributed by atoms with E-state index in [4.69, 9.17) is 4.74 Å². The molecule has 0 bridgehead atoms. The van der Waals surface area contributed by atoms with Crippen molar-refractivity contribution in [2.24, 2.45) is 0 Å². The molecule has 0 aliphatic rings. The fourth-order valence-corrected chi connectivity index (χ4v) is 1.68. The summed E-state index contributed by atoms with van der Waals surface area (Å²) in [5.41, 5.74) is 1.29.